The number of piperidine rings is 1. The lowest BCUT2D eigenvalue weighted by molar-refractivity contribution is -0.0441. The van der Waals surface area contributed by atoms with Gasteiger partial charge in [-0.3, -0.25) is 0 Å². The first-order valence-electron chi connectivity index (χ1n) is 8.27. The summed E-state index contributed by atoms with van der Waals surface area (Å²) in [6, 6.07) is 5.04. The Morgan fingerprint density at radius 1 is 1.41 bits per heavy atom. The molecule has 1 heterocycles. The van der Waals surface area contributed by atoms with Gasteiger partial charge in [-0.15, -0.1) is 0 Å². The highest BCUT2D eigenvalue weighted by atomic mass is 19.1. The smallest absolute Gasteiger partial charge is 0.126 e. The third-order valence-electron chi connectivity index (χ3n) is 4.86. The minimum absolute atomic E-state index is 0.129. The molecular formula is C18H28FNO2. The molecule has 0 radical (unpaired) electrons. The van der Waals surface area contributed by atoms with E-state index in [1.54, 1.807) is 20.1 Å². The van der Waals surface area contributed by atoms with E-state index >= 15 is 0 Å². The van der Waals surface area contributed by atoms with Crippen LogP contribution in [0.25, 0.3) is 0 Å². The van der Waals surface area contributed by atoms with Crippen molar-refractivity contribution in [2.45, 2.75) is 44.6 Å². The monoisotopic (exact) mass is 309 g/mol. The van der Waals surface area contributed by atoms with Crippen LogP contribution in [-0.2, 0) is 10.3 Å². The Bertz CT molecular complexity index is 474. The van der Waals surface area contributed by atoms with Gasteiger partial charge in [-0.1, -0.05) is 12.1 Å². The molecule has 0 unspecified atom stereocenters. The zero-order valence-corrected chi connectivity index (χ0v) is 13.7. The summed E-state index contributed by atoms with van der Waals surface area (Å²) in [5.41, 5.74) is 0.355. The van der Waals surface area contributed by atoms with Crippen LogP contribution in [-0.4, -0.2) is 31.9 Å². The highest BCUT2D eigenvalue weighted by Gasteiger charge is 2.39. The third kappa shape index (κ3) is 3.86. The Balaban J connectivity index is 2.25. The van der Waals surface area contributed by atoms with Crippen molar-refractivity contribution in [2.24, 2.45) is 5.92 Å². The van der Waals surface area contributed by atoms with E-state index < -0.39 is 5.60 Å². The fourth-order valence-electron chi connectivity index (χ4n) is 3.54. The van der Waals surface area contributed by atoms with Crippen LogP contribution in [0, 0.1) is 18.7 Å². The molecule has 1 fully saturated rings. The Kier molecular flexibility index (Phi) is 6.36. The zero-order valence-electron chi connectivity index (χ0n) is 13.7. The van der Waals surface area contributed by atoms with E-state index in [9.17, 15) is 9.50 Å². The van der Waals surface area contributed by atoms with Crippen molar-refractivity contribution in [2.75, 3.05) is 26.8 Å². The molecule has 2 rings (SSSR count). The van der Waals surface area contributed by atoms with E-state index in [0.29, 0.717) is 18.6 Å². The van der Waals surface area contributed by atoms with Gasteiger partial charge in [0.25, 0.3) is 0 Å². The average molecular weight is 309 g/mol. The first-order chi connectivity index (χ1) is 10.6. The summed E-state index contributed by atoms with van der Waals surface area (Å²) in [6.45, 7) is 4.25. The second-order valence-electron chi connectivity index (χ2n) is 6.33. The van der Waals surface area contributed by atoms with E-state index in [2.05, 4.69) is 5.32 Å². The molecule has 2 N–H and O–H groups in total. The van der Waals surface area contributed by atoms with Crippen LogP contribution in [0.1, 0.15) is 43.2 Å². The summed E-state index contributed by atoms with van der Waals surface area (Å²) in [4.78, 5) is 0. The molecule has 0 aromatic heterocycles. The minimum Gasteiger partial charge on any atom is -0.385 e. The molecule has 3 nitrogen and oxygen atoms in total. The molecule has 1 aliphatic rings. The lowest BCUT2D eigenvalue weighted by Gasteiger charge is -2.40. The second-order valence-corrected chi connectivity index (χ2v) is 6.33. The predicted octanol–water partition coefficient (Wildman–Crippen LogP) is 3.14. The maximum atomic E-state index is 14.0. The number of benzene rings is 1. The van der Waals surface area contributed by atoms with Crippen LogP contribution in [0.3, 0.4) is 0 Å². The van der Waals surface area contributed by atoms with E-state index in [1.807, 2.05) is 6.07 Å². The number of hydrogen-bond acceptors (Lipinski definition) is 3. The summed E-state index contributed by atoms with van der Waals surface area (Å²) in [7, 11) is 1.69. The van der Waals surface area contributed by atoms with Gasteiger partial charge in [-0.05, 0) is 62.8 Å². The van der Waals surface area contributed by atoms with Gasteiger partial charge in [0.2, 0.25) is 0 Å². The molecule has 1 saturated heterocycles. The van der Waals surface area contributed by atoms with Crippen molar-refractivity contribution in [1.29, 1.82) is 0 Å². The highest BCUT2D eigenvalue weighted by Crippen LogP contribution is 2.40. The Hall–Kier alpha value is -0.970. The van der Waals surface area contributed by atoms with Crippen molar-refractivity contribution in [3.63, 3.8) is 0 Å². The van der Waals surface area contributed by atoms with Crippen molar-refractivity contribution < 1.29 is 14.2 Å². The summed E-state index contributed by atoms with van der Waals surface area (Å²) in [6.07, 6.45) is 4.46. The van der Waals surface area contributed by atoms with Gasteiger partial charge in [0.1, 0.15) is 5.82 Å². The summed E-state index contributed by atoms with van der Waals surface area (Å²) in [5.74, 6) is -0.110. The van der Waals surface area contributed by atoms with E-state index in [-0.39, 0.29) is 11.7 Å². The Morgan fingerprint density at radius 3 is 2.91 bits per heavy atom. The van der Waals surface area contributed by atoms with E-state index in [4.69, 9.17) is 4.74 Å². The van der Waals surface area contributed by atoms with Crippen LogP contribution in [0.2, 0.25) is 0 Å². The van der Waals surface area contributed by atoms with Crippen molar-refractivity contribution in [3.05, 3.63) is 35.1 Å². The molecule has 1 aromatic rings. The zero-order chi connectivity index (χ0) is 16.0. The highest BCUT2D eigenvalue weighted by molar-refractivity contribution is 5.33. The van der Waals surface area contributed by atoms with Crippen LogP contribution >= 0.6 is 0 Å². The number of ether oxygens (including phenoxy) is 1. The standard InChI is InChI=1S/C18H28FNO2/c1-14-16(8-5-9-17(14)19)18(21,10-3-4-12-22-2)15-7-6-11-20-13-15/h5,8-9,15,20-21H,3-4,6-7,10-13H2,1-2H3/t15-,18+/m1/s1. The second kappa shape index (κ2) is 8.04. The summed E-state index contributed by atoms with van der Waals surface area (Å²) in [5, 5.41) is 14.8. The predicted molar refractivity (Wildman–Crippen MR) is 86.4 cm³/mol. The molecule has 0 bridgehead atoms. The molecule has 4 heteroatoms. The number of nitrogens with one attached hydrogen (secondary N) is 1. The average Bonchev–Trinajstić information content (AvgIpc) is 2.55. The van der Waals surface area contributed by atoms with Gasteiger partial charge in [0, 0.05) is 26.2 Å². The van der Waals surface area contributed by atoms with Crippen LogP contribution in [0.15, 0.2) is 18.2 Å². The van der Waals surface area contributed by atoms with E-state index in [0.717, 1.165) is 44.3 Å². The van der Waals surface area contributed by atoms with Crippen LogP contribution < -0.4 is 5.32 Å². The van der Waals surface area contributed by atoms with Gasteiger partial charge in [0.05, 0.1) is 5.60 Å². The third-order valence-corrected chi connectivity index (χ3v) is 4.86. The molecule has 1 aliphatic heterocycles. The molecule has 2 atom stereocenters. The van der Waals surface area contributed by atoms with Crippen molar-refractivity contribution >= 4 is 0 Å². The Morgan fingerprint density at radius 2 is 2.23 bits per heavy atom. The van der Waals surface area contributed by atoms with Gasteiger partial charge in [0.15, 0.2) is 0 Å². The largest absolute Gasteiger partial charge is 0.385 e. The molecule has 22 heavy (non-hydrogen) atoms. The molecule has 1 aromatic carbocycles. The normalized spacial score (nSPS) is 21.5. The maximum absolute atomic E-state index is 14.0. The number of unbranched alkanes of at least 4 members (excludes halogenated alkanes) is 1. The van der Waals surface area contributed by atoms with Gasteiger partial charge in [-0.2, -0.15) is 0 Å². The quantitative estimate of drug-likeness (QED) is 0.760. The van der Waals surface area contributed by atoms with Crippen LogP contribution in [0.4, 0.5) is 4.39 Å². The minimum atomic E-state index is -0.965. The molecule has 0 amide bonds. The van der Waals surface area contributed by atoms with Gasteiger partial charge >= 0.3 is 0 Å². The van der Waals surface area contributed by atoms with Gasteiger partial charge < -0.3 is 15.2 Å². The molecule has 0 saturated carbocycles. The van der Waals surface area contributed by atoms with Gasteiger partial charge in [-0.25, -0.2) is 4.39 Å². The van der Waals surface area contributed by atoms with E-state index in [1.165, 1.54) is 6.07 Å². The first-order valence-corrected chi connectivity index (χ1v) is 8.27. The Labute approximate surface area is 132 Å². The van der Waals surface area contributed by atoms with Crippen LogP contribution in [0.5, 0.6) is 0 Å². The fourth-order valence-corrected chi connectivity index (χ4v) is 3.54. The first kappa shape index (κ1) is 17.4. The molecule has 0 aliphatic carbocycles. The topological polar surface area (TPSA) is 41.5 Å². The molecular weight excluding hydrogens is 281 g/mol. The maximum Gasteiger partial charge on any atom is 0.126 e. The van der Waals surface area contributed by atoms with Crippen molar-refractivity contribution in [1.82, 2.24) is 5.32 Å². The SMILES string of the molecule is COCCCC[C@@](O)(c1cccc(F)c1C)[C@@H]1CCCNC1. The number of halogens is 1. The summed E-state index contributed by atoms with van der Waals surface area (Å²) >= 11 is 0. The number of hydrogen-bond donors (Lipinski definition) is 2. The van der Waals surface area contributed by atoms with Crippen molar-refractivity contribution in [3.8, 4) is 0 Å². The molecule has 0 spiro atoms. The number of rotatable bonds is 7. The number of methoxy groups -OCH3 is 1. The lowest BCUT2D eigenvalue weighted by atomic mass is 9.73. The lowest BCUT2D eigenvalue weighted by Crippen LogP contribution is -2.44. The molecule has 124 valence electrons. The summed E-state index contributed by atoms with van der Waals surface area (Å²) < 4.78 is 19.1. The fraction of sp³-hybridized carbons (Fsp3) is 0.667. The number of aliphatic hydroxyl groups is 1.